The molecule has 3 N–H and O–H groups in total. The zero-order valence-corrected chi connectivity index (χ0v) is 11.9. The number of aromatic nitrogens is 2. The lowest BCUT2D eigenvalue weighted by atomic mass is 9.89. The van der Waals surface area contributed by atoms with Gasteiger partial charge in [0.15, 0.2) is 0 Å². The number of nitrogens with zero attached hydrogens (tertiary/aromatic N) is 2. The van der Waals surface area contributed by atoms with Crippen LogP contribution in [0.1, 0.15) is 29.4 Å². The summed E-state index contributed by atoms with van der Waals surface area (Å²) >= 11 is 1.28. The summed E-state index contributed by atoms with van der Waals surface area (Å²) in [5.74, 6) is -0.146. The minimum Gasteiger partial charge on any atom is -0.396 e. The van der Waals surface area contributed by atoms with Crippen LogP contribution in [0.15, 0.2) is 12.4 Å². The van der Waals surface area contributed by atoms with Crippen molar-refractivity contribution in [2.75, 3.05) is 12.3 Å². The molecule has 0 bridgehead atoms. The van der Waals surface area contributed by atoms with Crippen LogP contribution < -0.4 is 11.1 Å². The van der Waals surface area contributed by atoms with Gasteiger partial charge in [0.1, 0.15) is 15.2 Å². The molecule has 0 radical (unpaired) electrons. The van der Waals surface area contributed by atoms with Gasteiger partial charge in [0, 0.05) is 25.0 Å². The second-order valence-electron chi connectivity index (χ2n) is 4.77. The molecule has 0 unspecified atom stereocenters. The van der Waals surface area contributed by atoms with E-state index >= 15 is 0 Å². The van der Waals surface area contributed by atoms with Crippen molar-refractivity contribution in [3.63, 3.8) is 0 Å². The summed E-state index contributed by atoms with van der Waals surface area (Å²) in [7, 11) is 0. The molecule has 20 heavy (non-hydrogen) atoms. The van der Waals surface area contributed by atoms with Gasteiger partial charge in [0.2, 0.25) is 0 Å². The lowest BCUT2D eigenvalue weighted by molar-refractivity contribution is -0.00858. The molecule has 0 aliphatic heterocycles. The van der Waals surface area contributed by atoms with E-state index in [9.17, 15) is 4.79 Å². The molecule has 2 aromatic heterocycles. The minimum atomic E-state index is -0.146. The fraction of sp³-hybridized carbons (Fsp3) is 0.462. The van der Waals surface area contributed by atoms with E-state index < -0.39 is 0 Å². The fourth-order valence-electron chi connectivity index (χ4n) is 2.32. The first-order valence-corrected chi connectivity index (χ1v) is 7.42. The maximum atomic E-state index is 12.2. The van der Waals surface area contributed by atoms with E-state index in [1.807, 2.05) is 6.92 Å². The number of anilines is 1. The normalized spacial score (nSPS) is 21.6. The van der Waals surface area contributed by atoms with Crippen LogP contribution in [0.5, 0.6) is 0 Å². The summed E-state index contributed by atoms with van der Waals surface area (Å²) in [4.78, 5) is 21.7. The lowest BCUT2D eigenvalue weighted by Crippen LogP contribution is -2.47. The van der Waals surface area contributed by atoms with Gasteiger partial charge in [0.25, 0.3) is 5.91 Å². The molecular weight excluding hydrogens is 276 g/mol. The third kappa shape index (κ3) is 2.34. The number of amides is 1. The predicted molar refractivity (Wildman–Crippen MR) is 77.7 cm³/mol. The van der Waals surface area contributed by atoms with Gasteiger partial charge in [-0.25, -0.2) is 9.97 Å². The molecule has 6 nitrogen and oxygen atoms in total. The van der Waals surface area contributed by atoms with Gasteiger partial charge in [-0.05, 0) is 19.8 Å². The second kappa shape index (κ2) is 5.34. The first kappa shape index (κ1) is 13.3. The number of hydrogen-bond acceptors (Lipinski definition) is 6. The maximum absolute atomic E-state index is 12.2. The molecule has 0 spiro atoms. The van der Waals surface area contributed by atoms with Gasteiger partial charge in [-0.2, -0.15) is 0 Å². The zero-order valence-electron chi connectivity index (χ0n) is 11.1. The van der Waals surface area contributed by atoms with Crippen molar-refractivity contribution >= 4 is 33.3 Å². The van der Waals surface area contributed by atoms with E-state index in [2.05, 4.69) is 15.3 Å². The fourth-order valence-corrected chi connectivity index (χ4v) is 3.24. The predicted octanol–water partition coefficient (Wildman–Crippen LogP) is 1.57. The first-order chi connectivity index (χ1) is 9.69. The summed E-state index contributed by atoms with van der Waals surface area (Å²) in [6, 6.07) is 0.171. The molecule has 1 aliphatic rings. The molecule has 106 valence electrons. The van der Waals surface area contributed by atoms with E-state index in [4.69, 9.17) is 10.5 Å². The van der Waals surface area contributed by atoms with E-state index in [0.717, 1.165) is 12.8 Å². The third-order valence-corrected chi connectivity index (χ3v) is 4.50. The van der Waals surface area contributed by atoms with Crippen LogP contribution in [0.3, 0.4) is 0 Å². The number of hydrogen-bond donors (Lipinski definition) is 2. The SMILES string of the molecule is CCOC1CC(NC(=O)c2sc3nccnc3c2N)C1. The van der Waals surface area contributed by atoms with Crippen molar-refractivity contribution in [2.24, 2.45) is 0 Å². The van der Waals surface area contributed by atoms with Gasteiger partial charge < -0.3 is 15.8 Å². The molecule has 0 saturated heterocycles. The number of carbonyl (C=O) groups excluding carboxylic acids is 1. The van der Waals surface area contributed by atoms with Crippen molar-refractivity contribution in [3.05, 3.63) is 17.3 Å². The highest BCUT2D eigenvalue weighted by Gasteiger charge is 2.31. The van der Waals surface area contributed by atoms with E-state index in [0.29, 0.717) is 27.5 Å². The van der Waals surface area contributed by atoms with Crippen molar-refractivity contribution in [1.82, 2.24) is 15.3 Å². The summed E-state index contributed by atoms with van der Waals surface area (Å²) in [5, 5.41) is 2.98. The number of nitrogens with one attached hydrogen (secondary N) is 1. The summed E-state index contributed by atoms with van der Waals surface area (Å²) in [6.45, 7) is 2.69. The van der Waals surface area contributed by atoms with Gasteiger partial charge in [-0.1, -0.05) is 0 Å². The van der Waals surface area contributed by atoms with Crippen molar-refractivity contribution < 1.29 is 9.53 Å². The molecule has 1 saturated carbocycles. The summed E-state index contributed by atoms with van der Waals surface area (Å²) in [6.07, 6.45) is 5.17. The van der Waals surface area contributed by atoms with Crippen LogP contribution >= 0.6 is 11.3 Å². The van der Waals surface area contributed by atoms with Gasteiger partial charge in [-0.3, -0.25) is 4.79 Å². The molecule has 1 aliphatic carbocycles. The number of ether oxygens (including phenoxy) is 1. The van der Waals surface area contributed by atoms with Gasteiger partial charge >= 0.3 is 0 Å². The highest BCUT2D eigenvalue weighted by molar-refractivity contribution is 7.21. The first-order valence-electron chi connectivity index (χ1n) is 6.60. The Bertz CT molecular complexity index is 636. The number of carbonyl (C=O) groups is 1. The molecule has 1 amide bonds. The average molecular weight is 292 g/mol. The Balaban J connectivity index is 1.69. The number of nitrogen functional groups attached to an aromatic ring is 1. The van der Waals surface area contributed by atoms with E-state index in [-0.39, 0.29) is 18.1 Å². The molecule has 3 rings (SSSR count). The second-order valence-corrected chi connectivity index (χ2v) is 5.77. The van der Waals surface area contributed by atoms with Crippen molar-refractivity contribution in [3.8, 4) is 0 Å². The molecule has 2 aromatic rings. The number of rotatable bonds is 4. The van der Waals surface area contributed by atoms with Crippen LogP contribution in [0.2, 0.25) is 0 Å². The van der Waals surface area contributed by atoms with Crippen LogP contribution in [0, 0.1) is 0 Å². The largest absolute Gasteiger partial charge is 0.396 e. The quantitative estimate of drug-likeness (QED) is 0.892. The zero-order chi connectivity index (χ0) is 14.1. The highest BCUT2D eigenvalue weighted by atomic mass is 32.1. The van der Waals surface area contributed by atoms with E-state index in [1.54, 1.807) is 12.4 Å². The molecular formula is C13H16N4O2S. The van der Waals surface area contributed by atoms with Crippen LogP contribution in [0.4, 0.5) is 5.69 Å². The van der Waals surface area contributed by atoms with Crippen molar-refractivity contribution in [2.45, 2.75) is 31.9 Å². The summed E-state index contributed by atoms with van der Waals surface area (Å²) < 4.78 is 5.47. The van der Waals surface area contributed by atoms with E-state index in [1.165, 1.54) is 11.3 Å². The van der Waals surface area contributed by atoms with Crippen LogP contribution in [-0.2, 0) is 4.74 Å². The Labute approximate surface area is 120 Å². The number of nitrogens with two attached hydrogens (primary N) is 1. The number of thiophene rings is 1. The number of fused-ring (bicyclic) bond motifs is 1. The monoisotopic (exact) mass is 292 g/mol. The van der Waals surface area contributed by atoms with Crippen LogP contribution in [0.25, 0.3) is 10.3 Å². The Morgan fingerprint density at radius 2 is 2.25 bits per heavy atom. The van der Waals surface area contributed by atoms with Crippen LogP contribution in [-0.4, -0.2) is 34.6 Å². The molecule has 1 fully saturated rings. The summed E-state index contributed by atoms with van der Waals surface area (Å²) in [5.41, 5.74) is 6.99. The smallest absolute Gasteiger partial charge is 0.263 e. The third-order valence-electron chi connectivity index (χ3n) is 3.40. The molecule has 0 atom stereocenters. The standard InChI is InChI=1S/C13H16N4O2S/c1-2-19-8-5-7(6-8)17-12(18)11-9(14)10-13(20-11)16-4-3-15-10/h3-4,7-8H,2,5-6,14H2,1H3,(H,17,18). The minimum absolute atomic E-state index is 0.146. The molecule has 0 aromatic carbocycles. The van der Waals surface area contributed by atoms with Gasteiger partial charge in [0.05, 0.1) is 11.8 Å². The Morgan fingerprint density at radius 3 is 2.95 bits per heavy atom. The molecule has 2 heterocycles. The average Bonchev–Trinajstić information content (AvgIpc) is 2.74. The highest BCUT2D eigenvalue weighted by Crippen LogP contribution is 2.31. The Morgan fingerprint density at radius 1 is 1.50 bits per heavy atom. The topological polar surface area (TPSA) is 90.1 Å². The Kier molecular flexibility index (Phi) is 3.54. The van der Waals surface area contributed by atoms with Crippen molar-refractivity contribution in [1.29, 1.82) is 0 Å². The lowest BCUT2D eigenvalue weighted by Gasteiger charge is -2.35. The van der Waals surface area contributed by atoms with Gasteiger partial charge in [-0.15, -0.1) is 11.3 Å². The Hall–Kier alpha value is -1.73. The maximum Gasteiger partial charge on any atom is 0.263 e. The molecule has 7 heteroatoms.